The van der Waals surface area contributed by atoms with Gasteiger partial charge in [-0.2, -0.15) is 0 Å². The van der Waals surface area contributed by atoms with Crippen LogP contribution in [0.25, 0.3) is 0 Å². The van der Waals surface area contributed by atoms with E-state index in [4.69, 9.17) is 0 Å². The summed E-state index contributed by atoms with van der Waals surface area (Å²) in [6.45, 7) is 5.96. The summed E-state index contributed by atoms with van der Waals surface area (Å²) < 4.78 is 0. The Morgan fingerprint density at radius 2 is 2.23 bits per heavy atom. The van der Waals surface area contributed by atoms with E-state index < -0.39 is 0 Å². The lowest BCUT2D eigenvalue weighted by Gasteiger charge is -2.15. The summed E-state index contributed by atoms with van der Waals surface area (Å²) in [6.07, 6.45) is 1.06. The first-order chi connectivity index (χ1) is 6.08. The molecule has 2 N–H and O–H groups in total. The fourth-order valence-electron chi connectivity index (χ4n) is 1.54. The third-order valence-corrected chi connectivity index (χ3v) is 2.15. The van der Waals surface area contributed by atoms with Crippen LogP contribution in [-0.2, 0) is 0 Å². The Balaban J connectivity index is 2.21. The van der Waals surface area contributed by atoms with E-state index in [1.54, 1.807) is 0 Å². The second kappa shape index (κ2) is 4.46. The first kappa shape index (κ1) is 10.3. The molecule has 4 nitrogen and oxygen atoms in total. The molecule has 0 aromatic heterocycles. The van der Waals surface area contributed by atoms with Crippen LogP contribution in [0.1, 0.15) is 20.3 Å². The van der Waals surface area contributed by atoms with E-state index >= 15 is 0 Å². The third kappa shape index (κ3) is 3.63. The molecule has 1 aliphatic rings. The highest BCUT2D eigenvalue weighted by Crippen LogP contribution is 2.05. The second-order valence-corrected chi connectivity index (χ2v) is 4.02. The lowest BCUT2D eigenvalue weighted by atomic mass is 10.3. The molecule has 0 aromatic rings. The van der Waals surface area contributed by atoms with E-state index in [-0.39, 0.29) is 12.1 Å². The Morgan fingerprint density at radius 1 is 1.54 bits per heavy atom. The molecular formula is C9H19N3O. The summed E-state index contributed by atoms with van der Waals surface area (Å²) in [5.41, 5.74) is 0. The van der Waals surface area contributed by atoms with Crippen LogP contribution in [0.15, 0.2) is 0 Å². The van der Waals surface area contributed by atoms with Crippen molar-refractivity contribution >= 4 is 6.03 Å². The van der Waals surface area contributed by atoms with Crippen molar-refractivity contribution in [2.75, 3.05) is 20.1 Å². The van der Waals surface area contributed by atoms with E-state index in [1.165, 1.54) is 0 Å². The van der Waals surface area contributed by atoms with Crippen LogP contribution in [0.4, 0.5) is 4.79 Å². The van der Waals surface area contributed by atoms with Crippen molar-refractivity contribution in [3.05, 3.63) is 0 Å². The van der Waals surface area contributed by atoms with Crippen LogP contribution in [-0.4, -0.2) is 43.2 Å². The molecule has 13 heavy (non-hydrogen) atoms. The van der Waals surface area contributed by atoms with Crippen LogP contribution >= 0.6 is 0 Å². The third-order valence-electron chi connectivity index (χ3n) is 2.15. The van der Waals surface area contributed by atoms with Gasteiger partial charge in [0.25, 0.3) is 0 Å². The van der Waals surface area contributed by atoms with Crippen LogP contribution in [0.3, 0.4) is 0 Å². The molecule has 76 valence electrons. The zero-order valence-electron chi connectivity index (χ0n) is 8.63. The fraction of sp³-hybridized carbons (Fsp3) is 0.889. The Labute approximate surface area is 79.7 Å². The number of urea groups is 1. The molecule has 0 aliphatic carbocycles. The van der Waals surface area contributed by atoms with E-state index in [1.807, 2.05) is 13.8 Å². The lowest BCUT2D eigenvalue weighted by Crippen LogP contribution is -2.45. The number of carbonyl (C=O) groups excluding carboxylic acids is 1. The number of nitrogens with zero attached hydrogens (tertiary/aromatic N) is 1. The van der Waals surface area contributed by atoms with Crippen molar-refractivity contribution in [3.63, 3.8) is 0 Å². The molecule has 0 saturated carbocycles. The van der Waals surface area contributed by atoms with Crippen molar-refractivity contribution in [2.24, 2.45) is 0 Å². The summed E-state index contributed by atoms with van der Waals surface area (Å²) in [4.78, 5) is 13.5. The van der Waals surface area contributed by atoms with Gasteiger partial charge in [0, 0.05) is 18.6 Å². The fourth-order valence-corrected chi connectivity index (χ4v) is 1.54. The van der Waals surface area contributed by atoms with Gasteiger partial charge in [-0.15, -0.1) is 0 Å². The minimum Gasteiger partial charge on any atom is -0.336 e. The summed E-state index contributed by atoms with van der Waals surface area (Å²) in [7, 11) is 2.07. The maximum atomic E-state index is 11.3. The first-order valence-electron chi connectivity index (χ1n) is 4.83. The molecule has 4 heteroatoms. The highest BCUT2D eigenvalue weighted by molar-refractivity contribution is 5.74. The number of likely N-dealkylation sites (tertiary alicyclic amines) is 1. The molecule has 0 spiro atoms. The van der Waals surface area contributed by atoms with Gasteiger partial charge >= 0.3 is 6.03 Å². The first-order valence-corrected chi connectivity index (χ1v) is 4.83. The lowest BCUT2D eigenvalue weighted by molar-refractivity contribution is 0.234. The summed E-state index contributed by atoms with van der Waals surface area (Å²) in [6, 6.07) is 0.484. The molecule has 1 saturated heterocycles. The van der Waals surface area contributed by atoms with Gasteiger partial charge in [-0.1, -0.05) is 0 Å². The Morgan fingerprint density at radius 3 is 2.69 bits per heavy atom. The SMILES string of the molecule is CC(C)NC(=O)NC1CCN(C)C1. The summed E-state index contributed by atoms with van der Waals surface area (Å²) >= 11 is 0. The molecule has 1 rings (SSSR count). The molecule has 1 heterocycles. The Hall–Kier alpha value is -0.770. The molecule has 0 bridgehead atoms. The van der Waals surface area contributed by atoms with Gasteiger partial charge in [0.05, 0.1) is 0 Å². The van der Waals surface area contributed by atoms with E-state index in [2.05, 4.69) is 22.6 Å². The highest BCUT2D eigenvalue weighted by Gasteiger charge is 2.20. The number of likely N-dealkylation sites (N-methyl/N-ethyl adjacent to an activating group) is 1. The average Bonchev–Trinajstić information content (AvgIpc) is 2.33. The number of carbonyl (C=O) groups is 1. The minimum absolute atomic E-state index is 0.0460. The Kier molecular flexibility index (Phi) is 3.54. The summed E-state index contributed by atoms with van der Waals surface area (Å²) in [5.74, 6) is 0. The van der Waals surface area contributed by atoms with E-state index in [9.17, 15) is 4.79 Å². The van der Waals surface area contributed by atoms with Crippen LogP contribution in [0.2, 0.25) is 0 Å². The number of rotatable bonds is 2. The van der Waals surface area contributed by atoms with Crippen molar-refractivity contribution in [1.29, 1.82) is 0 Å². The van der Waals surface area contributed by atoms with Crippen LogP contribution in [0, 0.1) is 0 Å². The highest BCUT2D eigenvalue weighted by atomic mass is 16.2. The smallest absolute Gasteiger partial charge is 0.315 e. The molecule has 0 radical (unpaired) electrons. The summed E-state index contributed by atoms with van der Waals surface area (Å²) in [5, 5.41) is 5.76. The van der Waals surface area contributed by atoms with Crippen LogP contribution in [0.5, 0.6) is 0 Å². The van der Waals surface area contributed by atoms with Crippen molar-refractivity contribution in [1.82, 2.24) is 15.5 Å². The van der Waals surface area contributed by atoms with Gasteiger partial charge in [-0.25, -0.2) is 4.79 Å². The van der Waals surface area contributed by atoms with E-state index in [0.717, 1.165) is 19.5 Å². The number of hydrogen-bond donors (Lipinski definition) is 2. The maximum Gasteiger partial charge on any atom is 0.315 e. The molecule has 0 aromatic carbocycles. The molecule has 1 atom stereocenters. The second-order valence-electron chi connectivity index (χ2n) is 4.02. The standard InChI is InChI=1S/C9H19N3O/c1-7(2)10-9(13)11-8-4-5-12(3)6-8/h7-8H,4-6H2,1-3H3,(H2,10,11,13). The normalized spacial score (nSPS) is 23.5. The van der Waals surface area contributed by atoms with Gasteiger partial charge in [0.1, 0.15) is 0 Å². The number of amides is 2. The van der Waals surface area contributed by atoms with Gasteiger partial charge in [0.2, 0.25) is 0 Å². The van der Waals surface area contributed by atoms with Crippen molar-refractivity contribution < 1.29 is 4.79 Å². The van der Waals surface area contributed by atoms with Crippen molar-refractivity contribution in [2.45, 2.75) is 32.4 Å². The van der Waals surface area contributed by atoms with Crippen molar-refractivity contribution in [3.8, 4) is 0 Å². The van der Waals surface area contributed by atoms with Gasteiger partial charge in [-0.05, 0) is 33.9 Å². The Bertz CT molecular complexity index is 182. The van der Waals surface area contributed by atoms with E-state index in [0.29, 0.717) is 6.04 Å². The number of hydrogen-bond acceptors (Lipinski definition) is 2. The average molecular weight is 185 g/mol. The molecule has 2 amide bonds. The zero-order chi connectivity index (χ0) is 9.84. The zero-order valence-corrected chi connectivity index (χ0v) is 8.63. The monoisotopic (exact) mass is 185 g/mol. The van der Waals surface area contributed by atoms with Gasteiger partial charge in [0.15, 0.2) is 0 Å². The largest absolute Gasteiger partial charge is 0.336 e. The van der Waals surface area contributed by atoms with Gasteiger partial charge < -0.3 is 15.5 Å². The number of nitrogens with one attached hydrogen (secondary N) is 2. The quantitative estimate of drug-likeness (QED) is 0.654. The maximum absolute atomic E-state index is 11.3. The topological polar surface area (TPSA) is 44.4 Å². The van der Waals surface area contributed by atoms with Gasteiger partial charge in [-0.3, -0.25) is 0 Å². The predicted octanol–water partition coefficient (Wildman–Crippen LogP) is 0.398. The molecule has 1 aliphatic heterocycles. The van der Waals surface area contributed by atoms with Crippen LogP contribution < -0.4 is 10.6 Å². The minimum atomic E-state index is -0.0460. The predicted molar refractivity (Wildman–Crippen MR) is 52.7 cm³/mol. The molecule has 1 fully saturated rings. The molecule has 1 unspecified atom stereocenters. The molecular weight excluding hydrogens is 166 g/mol.